The first-order valence-corrected chi connectivity index (χ1v) is 15.8. The molecule has 1 aliphatic carbocycles. The van der Waals surface area contributed by atoms with E-state index in [9.17, 15) is 0 Å². The summed E-state index contributed by atoms with van der Waals surface area (Å²) in [6.07, 6.45) is 19.0. The number of nitrogens with zero attached hydrogens (tertiary/aromatic N) is 3. The molecule has 8 nitrogen and oxygen atoms in total. The van der Waals surface area contributed by atoms with Gasteiger partial charge in [-0.1, -0.05) is 19.4 Å². The van der Waals surface area contributed by atoms with Gasteiger partial charge in [-0.2, -0.15) is 0 Å². The van der Waals surface area contributed by atoms with Crippen LogP contribution in [0.25, 0.3) is 5.57 Å². The topological polar surface area (TPSA) is 96.7 Å². The molecule has 8 rings (SSSR count). The number of imidazole rings is 2. The molecule has 6 aliphatic rings. The van der Waals surface area contributed by atoms with E-state index in [4.69, 9.17) is 9.97 Å². The summed E-state index contributed by atoms with van der Waals surface area (Å²) in [7, 11) is 0. The Kier molecular flexibility index (Phi) is 6.18. The number of hydrogen-bond donors (Lipinski definition) is 5. The number of piperidine rings is 1. The second-order valence-electron chi connectivity index (χ2n) is 12.9. The van der Waals surface area contributed by atoms with E-state index in [1.165, 1.54) is 68.3 Å². The quantitative estimate of drug-likeness (QED) is 0.387. The fraction of sp³-hybridized carbons (Fsp3) is 0.677. The van der Waals surface area contributed by atoms with E-state index in [1.54, 1.807) is 5.70 Å². The van der Waals surface area contributed by atoms with E-state index >= 15 is 0 Å². The molecule has 7 atom stereocenters. The lowest BCUT2D eigenvalue weighted by Gasteiger charge is -2.44. The zero-order chi connectivity index (χ0) is 25.9. The Morgan fingerprint density at radius 2 is 1.62 bits per heavy atom. The van der Waals surface area contributed by atoms with Gasteiger partial charge in [-0.15, -0.1) is 0 Å². The lowest BCUT2D eigenvalue weighted by atomic mass is 9.66. The van der Waals surface area contributed by atoms with E-state index in [0.29, 0.717) is 41.9 Å². The summed E-state index contributed by atoms with van der Waals surface area (Å²) in [6, 6.07) is 1.96. The van der Waals surface area contributed by atoms with Gasteiger partial charge >= 0.3 is 0 Å². The summed E-state index contributed by atoms with van der Waals surface area (Å²) in [4.78, 5) is 19.8. The van der Waals surface area contributed by atoms with Crippen LogP contribution in [0.5, 0.6) is 0 Å². The standard InChI is InChI=1S/C31H44N8/c1-2-18-15-23-28-26(39-13-9-19(10-14-39)24-16-34-30(37-24)21-5-3-11-32-21)8-7-20(27(28)29(18)36-23)25-17-35-31(38-25)22-6-4-12-33-22/h7-8,16-19,21-23,27-29,32-33,36H,2-6,9-15H2,1H3,(H,34,37)(H,35,38). The summed E-state index contributed by atoms with van der Waals surface area (Å²) in [5.41, 5.74) is 5.63. The molecule has 2 aromatic heterocycles. The van der Waals surface area contributed by atoms with Crippen molar-refractivity contribution < 1.29 is 0 Å². The lowest BCUT2D eigenvalue weighted by molar-refractivity contribution is 0.198. The Bertz CT molecular complexity index is 1240. The molecular weight excluding hydrogens is 484 g/mol. The van der Waals surface area contributed by atoms with Crippen LogP contribution in [0.4, 0.5) is 0 Å². The molecule has 7 unspecified atom stereocenters. The highest BCUT2D eigenvalue weighted by atomic mass is 15.2. The van der Waals surface area contributed by atoms with Gasteiger partial charge in [0.25, 0.3) is 0 Å². The average molecular weight is 529 g/mol. The van der Waals surface area contributed by atoms with Crippen molar-refractivity contribution in [3.63, 3.8) is 0 Å². The van der Waals surface area contributed by atoms with Crippen molar-refractivity contribution in [2.24, 2.45) is 17.8 Å². The largest absolute Gasteiger partial charge is 0.374 e. The molecule has 5 N–H and O–H groups in total. The van der Waals surface area contributed by atoms with Crippen molar-refractivity contribution in [3.05, 3.63) is 53.3 Å². The minimum Gasteiger partial charge on any atom is -0.374 e. The Morgan fingerprint density at radius 3 is 2.33 bits per heavy atom. The molecule has 2 bridgehead atoms. The Morgan fingerprint density at radius 1 is 0.872 bits per heavy atom. The number of likely N-dealkylation sites (tertiary alicyclic amines) is 1. The number of H-pyrrole nitrogens is 2. The van der Waals surface area contributed by atoms with Crippen LogP contribution in [0.3, 0.4) is 0 Å². The van der Waals surface area contributed by atoms with E-state index < -0.39 is 0 Å². The van der Waals surface area contributed by atoms with Crippen molar-refractivity contribution in [2.75, 3.05) is 26.2 Å². The predicted molar refractivity (Wildman–Crippen MR) is 153 cm³/mol. The summed E-state index contributed by atoms with van der Waals surface area (Å²) in [6.45, 7) is 6.85. The van der Waals surface area contributed by atoms with Crippen LogP contribution < -0.4 is 16.0 Å². The van der Waals surface area contributed by atoms with Gasteiger partial charge in [0.05, 0.1) is 24.0 Å². The maximum absolute atomic E-state index is 4.84. The highest BCUT2D eigenvalue weighted by Crippen LogP contribution is 2.54. The first kappa shape index (κ1) is 24.4. The van der Waals surface area contributed by atoms with Crippen LogP contribution in [0, 0.1) is 17.8 Å². The van der Waals surface area contributed by atoms with Crippen LogP contribution in [0.2, 0.25) is 0 Å². The second kappa shape index (κ2) is 9.89. The highest BCUT2D eigenvalue weighted by Gasteiger charge is 2.56. The SMILES string of the molecule is CCC1CC2NC1C1C(c3cnc(C4CCCN4)[nH]3)=CC=C(N3CCC(c4cnc(C5CCCN5)[nH]4)CC3)C21. The summed E-state index contributed by atoms with van der Waals surface area (Å²) >= 11 is 0. The minimum absolute atomic E-state index is 0.382. The second-order valence-corrected chi connectivity index (χ2v) is 12.9. The first-order chi connectivity index (χ1) is 19.3. The Balaban J connectivity index is 1.02. The van der Waals surface area contributed by atoms with Gasteiger partial charge < -0.3 is 30.8 Å². The van der Waals surface area contributed by atoms with Crippen molar-refractivity contribution in [1.82, 2.24) is 40.8 Å². The summed E-state index contributed by atoms with van der Waals surface area (Å²) in [5, 5.41) is 11.3. The summed E-state index contributed by atoms with van der Waals surface area (Å²) < 4.78 is 0. The molecule has 5 saturated heterocycles. The maximum Gasteiger partial charge on any atom is 0.123 e. The third-order valence-corrected chi connectivity index (χ3v) is 10.9. The monoisotopic (exact) mass is 528 g/mol. The smallest absolute Gasteiger partial charge is 0.123 e. The summed E-state index contributed by atoms with van der Waals surface area (Å²) in [5.74, 6) is 4.72. The molecule has 2 aromatic rings. The third-order valence-electron chi connectivity index (χ3n) is 10.9. The molecule has 0 aromatic carbocycles. The Labute approximate surface area is 231 Å². The predicted octanol–water partition coefficient (Wildman–Crippen LogP) is 4.15. The number of fused-ring (bicyclic) bond motifs is 5. The van der Waals surface area contributed by atoms with Crippen molar-refractivity contribution >= 4 is 5.57 Å². The van der Waals surface area contributed by atoms with Crippen LogP contribution in [-0.4, -0.2) is 63.1 Å². The zero-order valence-electron chi connectivity index (χ0n) is 23.3. The molecule has 8 heteroatoms. The van der Waals surface area contributed by atoms with Crippen LogP contribution in [0.15, 0.2) is 30.2 Å². The maximum atomic E-state index is 4.84. The molecule has 0 spiro atoms. The molecular formula is C31H44N8. The van der Waals surface area contributed by atoms with Gasteiger partial charge in [0, 0.05) is 60.5 Å². The van der Waals surface area contributed by atoms with E-state index in [-0.39, 0.29) is 0 Å². The van der Waals surface area contributed by atoms with Gasteiger partial charge in [0.2, 0.25) is 0 Å². The molecule has 5 fully saturated rings. The molecule has 0 amide bonds. The third kappa shape index (κ3) is 4.13. The first-order valence-electron chi connectivity index (χ1n) is 15.8. The number of nitrogens with one attached hydrogen (secondary N) is 5. The number of aromatic amines is 2. The van der Waals surface area contributed by atoms with E-state index in [1.807, 2.05) is 0 Å². The number of hydrogen-bond acceptors (Lipinski definition) is 6. The van der Waals surface area contributed by atoms with Crippen molar-refractivity contribution in [2.45, 2.75) is 88.4 Å². The fourth-order valence-corrected chi connectivity index (χ4v) is 8.91. The van der Waals surface area contributed by atoms with Gasteiger partial charge in [-0.25, -0.2) is 9.97 Å². The highest BCUT2D eigenvalue weighted by molar-refractivity contribution is 5.70. The van der Waals surface area contributed by atoms with Gasteiger partial charge in [0.15, 0.2) is 0 Å². The molecule has 0 radical (unpaired) electrons. The lowest BCUT2D eigenvalue weighted by Crippen LogP contribution is -2.43. The molecule has 0 saturated carbocycles. The van der Waals surface area contributed by atoms with Crippen molar-refractivity contribution in [1.29, 1.82) is 0 Å². The minimum atomic E-state index is 0.382. The van der Waals surface area contributed by atoms with Crippen LogP contribution >= 0.6 is 0 Å². The average Bonchev–Trinajstić information content (AvgIpc) is 3.83. The van der Waals surface area contributed by atoms with Gasteiger partial charge in [-0.3, -0.25) is 0 Å². The van der Waals surface area contributed by atoms with Crippen molar-refractivity contribution in [3.8, 4) is 0 Å². The van der Waals surface area contributed by atoms with Crippen LogP contribution in [0.1, 0.15) is 99.3 Å². The van der Waals surface area contributed by atoms with Gasteiger partial charge in [-0.05, 0) is 75.6 Å². The molecule has 7 heterocycles. The normalized spacial score (nSPS) is 36.4. The fourth-order valence-electron chi connectivity index (χ4n) is 8.91. The van der Waals surface area contributed by atoms with E-state index in [2.05, 4.69) is 62.3 Å². The Hall–Kier alpha value is -2.42. The number of aromatic nitrogens is 4. The zero-order valence-corrected chi connectivity index (χ0v) is 23.3. The molecule has 5 aliphatic heterocycles. The van der Waals surface area contributed by atoms with Crippen LogP contribution in [-0.2, 0) is 0 Å². The molecule has 39 heavy (non-hydrogen) atoms. The molecule has 208 valence electrons. The van der Waals surface area contributed by atoms with E-state index in [0.717, 1.165) is 43.7 Å². The number of rotatable bonds is 6. The number of allylic oxidation sites excluding steroid dienone is 2. The van der Waals surface area contributed by atoms with Gasteiger partial charge in [0.1, 0.15) is 11.6 Å².